The van der Waals surface area contributed by atoms with Crippen LogP contribution in [0.2, 0.25) is 0 Å². The van der Waals surface area contributed by atoms with Crippen LogP contribution in [0.1, 0.15) is 67.2 Å². The molecule has 0 unspecified atom stereocenters. The van der Waals surface area contributed by atoms with Gasteiger partial charge in [0.25, 0.3) is 0 Å². The summed E-state index contributed by atoms with van der Waals surface area (Å²) in [7, 11) is 0. The van der Waals surface area contributed by atoms with Gasteiger partial charge in [0.2, 0.25) is 0 Å². The van der Waals surface area contributed by atoms with E-state index in [2.05, 4.69) is 48.5 Å². The molecule has 0 N–H and O–H groups in total. The van der Waals surface area contributed by atoms with Crippen molar-refractivity contribution in [2.45, 2.75) is 67.2 Å². The van der Waals surface area contributed by atoms with Crippen molar-refractivity contribution in [2.24, 2.45) is 10.8 Å². The monoisotopic (exact) mass is 343 g/mol. The average Bonchev–Trinajstić information content (AvgIpc) is 2.22. The molecule has 0 aliphatic heterocycles. The number of hydrogen-bond donors (Lipinski definition) is 0. The maximum atomic E-state index is 5.43. The van der Waals surface area contributed by atoms with Gasteiger partial charge in [-0.3, -0.25) is 6.08 Å². The van der Waals surface area contributed by atoms with Gasteiger partial charge in [0, 0.05) is 45.9 Å². The summed E-state index contributed by atoms with van der Waals surface area (Å²) < 4.78 is 5.43. The molecular weight excluding hydrogens is 309 g/mol. The second-order valence-electron chi connectivity index (χ2n) is 7.02. The third kappa shape index (κ3) is 32.4. The van der Waals surface area contributed by atoms with Crippen molar-refractivity contribution < 1.29 is 37.4 Å². The van der Waals surface area contributed by atoms with Crippen molar-refractivity contribution in [1.82, 2.24) is 0 Å². The van der Waals surface area contributed by atoms with Crippen LogP contribution in [-0.4, -0.2) is 13.2 Å². The summed E-state index contributed by atoms with van der Waals surface area (Å²) in [6.45, 7) is 23.7. The molecule has 0 rings (SSSR count). The van der Waals surface area contributed by atoms with Gasteiger partial charge >= 0.3 is 0 Å². The Balaban J connectivity index is -0.000000313. The fraction of sp³-hybridized carbons (Fsp3) is 0.824. The third-order valence-electron chi connectivity index (χ3n) is 2.25. The van der Waals surface area contributed by atoms with Crippen molar-refractivity contribution >= 4 is 0 Å². The molecule has 0 heterocycles. The molecule has 2 heteroatoms. The Morgan fingerprint density at radius 3 is 1.74 bits per heavy atom. The molecule has 0 spiro atoms. The fourth-order valence-electron chi connectivity index (χ4n) is 1.01. The summed E-state index contributed by atoms with van der Waals surface area (Å²) in [6.07, 6.45) is 6.19. The third-order valence-corrected chi connectivity index (χ3v) is 2.25. The van der Waals surface area contributed by atoms with Crippen molar-refractivity contribution in [2.75, 3.05) is 13.2 Å². The smallest absolute Gasteiger partial charge is 0.0466 e. The van der Waals surface area contributed by atoms with E-state index < -0.39 is 0 Å². The molecule has 1 nitrogen and oxygen atoms in total. The SMILES string of the molecule is [CH-]=CC(C)(C)C.[CH2-]CCCOCCCC(C)(C)C.[Y]. The van der Waals surface area contributed by atoms with E-state index in [-0.39, 0.29) is 38.1 Å². The number of ether oxygens (including phenoxy) is 1. The quantitative estimate of drug-likeness (QED) is 0.459. The standard InChI is InChI=1S/C11H23O.C6H11.Y/c1-5-6-9-12-10-7-8-11(2,3)4;1-5-6(2,3)4;/h1,5-10H2,2-4H3;1,5H,2-4H3;/q2*-1;. The Kier molecular flexibility index (Phi) is 18.0. The Morgan fingerprint density at radius 2 is 1.42 bits per heavy atom. The molecule has 0 saturated heterocycles. The normalized spacial score (nSPS) is 11.1. The first-order chi connectivity index (χ1) is 8.12. The van der Waals surface area contributed by atoms with Gasteiger partial charge in [-0.2, -0.15) is 6.42 Å². The van der Waals surface area contributed by atoms with Gasteiger partial charge in [-0.15, -0.1) is 0 Å². The van der Waals surface area contributed by atoms with Gasteiger partial charge in [0.05, 0.1) is 0 Å². The van der Waals surface area contributed by atoms with E-state index in [0.29, 0.717) is 5.41 Å². The van der Waals surface area contributed by atoms with Crippen LogP contribution in [-0.2, 0) is 37.4 Å². The van der Waals surface area contributed by atoms with Crippen LogP contribution < -0.4 is 0 Å². The van der Waals surface area contributed by atoms with Crippen molar-refractivity contribution in [3.63, 3.8) is 0 Å². The molecule has 0 bridgehead atoms. The second-order valence-corrected chi connectivity index (χ2v) is 7.02. The Hall–Kier alpha value is 0.804. The topological polar surface area (TPSA) is 9.23 Å². The predicted molar refractivity (Wildman–Crippen MR) is 82.4 cm³/mol. The van der Waals surface area contributed by atoms with Crippen molar-refractivity contribution in [1.29, 1.82) is 0 Å². The molecule has 0 amide bonds. The number of allylic oxidation sites excluding steroid dienone is 1. The van der Waals surface area contributed by atoms with E-state index in [0.717, 1.165) is 26.1 Å². The molecule has 19 heavy (non-hydrogen) atoms. The summed E-state index contributed by atoms with van der Waals surface area (Å²) >= 11 is 0. The van der Waals surface area contributed by atoms with E-state index in [4.69, 9.17) is 11.3 Å². The van der Waals surface area contributed by atoms with Crippen LogP contribution in [0.4, 0.5) is 0 Å². The first-order valence-electron chi connectivity index (χ1n) is 7.05. The van der Waals surface area contributed by atoms with Crippen LogP contribution in [0.3, 0.4) is 0 Å². The molecule has 113 valence electrons. The molecule has 0 aromatic carbocycles. The average molecular weight is 343 g/mol. The minimum Gasteiger partial charge on any atom is -0.517 e. The molecule has 0 saturated carbocycles. The van der Waals surface area contributed by atoms with Gasteiger partial charge in [-0.1, -0.05) is 53.4 Å². The van der Waals surface area contributed by atoms with E-state index in [1.54, 1.807) is 6.08 Å². The summed E-state index contributed by atoms with van der Waals surface area (Å²) in [5.74, 6) is 0. The fourth-order valence-corrected chi connectivity index (χ4v) is 1.01. The van der Waals surface area contributed by atoms with Gasteiger partial charge < -0.3 is 18.2 Å². The van der Waals surface area contributed by atoms with Crippen LogP contribution in [0, 0.1) is 24.3 Å². The summed E-state index contributed by atoms with van der Waals surface area (Å²) in [5, 5.41) is 0. The van der Waals surface area contributed by atoms with Crippen molar-refractivity contribution in [3.05, 3.63) is 19.6 Å². The molecule has 0 aromatic rings. The zero-order valence-corrected chi connectivity index (χ0v) is 16.9. The van der Waals surface area contributed by atoms with E-state index in [1.807, 2.05) is 0 Å². The Labute approximate surface area is 147 Å². The first kappa shape index (κ1) is 24.8. The van der Waals surface area contributed by atoms with Gasteiger partial charge in [0.1, 0.15) is 0 Å². The number of unbranched alkanes of at least 4 members (excludes halogenated alkanes) is 1. The zero-order chi connectivity index (χ0) is 14.7. The molecule has 0 atom stereocenters. The van der Waals surface area contributed by atoms with Crippen molar-refractivity contribution in [3.8, 4) is 0 Å². The number of hydrogen-bond acceptors (Lipinski definition) is 1. The van der Waals surface area contributed by atoms with Crippen LogP contribution >= 0.6 is 0 Å². The summed E-state index contributed by atoms with van der Waals surface area (Å²) in [5.41, 5.74) is 0.648. The van der Waals surface area contributed by atoms with Gasteiger partial charge in [0.15, 0.2) is 0 Å². The van der Waals surface area contributed by atoms with E-state index in [1.165, 1.54) is 12.8 Å². The molecule has 0 aliphatic rings. The predicted octanol–water partition coefficient (Wildman–Crippen LogP) is 5.46. The minimum atomic E-state index is 0. The van der Waals surface area contributed by atoms with E-state index >= 15 is 0 Å². The van der Waals surface area contributed by atoms with Crippen LogP contribution in [0.5, 0.6) is 0 Å². The van der Waals surface area contributed by atoms with Crippen LogP contribution in [0.25, 0.3) is 0 Å². The Bertz CT molecular complexity index is 186. The molecular formula is C17H34OY-2. The molecule has 0 fully saturated rings. The summed E-state index contributed by atoms with van der Waals surface area (Å²) in [6, 6.07) is 0. The molecule has 1 radical (unpaired) electrons. The molecule has 0 aromatic heterocycles. The van der Waals surface area contributed by atoms with Gasteiger partial charge in [-0.25, -0.2) is 0 Å². The Morgan fingerprint density at radius 1 is 1.00 bits per heavy atom. The largest absolute Gasteiger partial charge is 0.517 e. The number of rotatable bonds is 6. The zero-order valence-electron chi connectivity index (χ0n) is 14.1. The van der Waals surface area contributed by atoms with Gasteiger partial charge in [-0.05, 0) is 18.3 Å². The molecule has 0 aliphatic carbocycles. The van der Waals surface area contributed by atoms with E-state index in [9.17, 15) is 0 Å². The second kappa shape index (κ2) is 13.8. The first-order valence-corrected chi connectivity index (χ1v) is 7.05. The minimum absolute atomic E-state index is 0. The summed E-state index contributed by atoms with van der Waals surface area (Å²) in [4.78, 5) is 0. The maximum absolute atomic E-state index is 5.43. The maximum Gasteiger partial charge on any atom is 0.0466 e. The van der Waals surface area contributed by atoms with Crippen LogP contribution in [0.15, 0.2) is 6.08 Å².